The van der Waals surface area contributed by atoms with Crippen LogP contribution in [-0.4, -0.2) is 16.9 Å². The molecule has 3 rings (SSSR count). The minimum Gasteiger partial charge on any atom is -0.457 e. The summed E-state index contributed by atoms with van der Waals surface area (Å²) in [5.74, 6) is -1.13. The van der Waals surface area contributed by atoms with Crippen LogP contribution in [0.4, 0.5) is 0 Å². The van der Waals surface area contributed by atoms with Gasteiger partial charge in [0.1, 0.15) is 0 Å². The lowest BCUT2D eigenvalue weighted by Crippen LogP contribution is -2.32. The van der Waals surface area contributed by atoms with Crippen molar-refractivity contribution in [2.75, 3.05) is 0 Å². The Bertz CT molecular complexity index is 785. The van der Waals surface area contributed by atoms with Crippen LogP contribution in [0, 0.1) is 0 Å². The summed E-state index contributed by atoms with van der Waals surface area (Å²) in [4.78, 5) is 29.7. The molecule has 0 aliphatic rings. The molecule has 0 aliphatic heterocycles. The lowest BCUT2D eigenvalue weighted by molar-refractivity contribution is -0.130. The molecule has 122 valence electrons. The van der Waals surface area contributed by atoms with Gasteiger partial charge in [0.25, 0.3) is 5.91 Å². The SMILES string of the molecule is O=C(OC(C(=O)NCc1cccs1)c1ccccn1)c1ccco1. The zero-order chi connectivity index (χ0) is 16.8. The van der Waals surface area contributed by atoms with E-state index in [0.717, 1.165) is 4.88 Å². The van der Waals surface area contributed by atoms with Crippen molar-refractivity contribution in [1.29, 1.82) is 0 Å². The number of carbonyl (C=O) groups is 2. The number of hydrogen-bond acceptors (Lipinski definition) is 6. The smallest absolute Gasteiger partial charge is 0.375 e. The van der Waals surface area contributed by atoms with Crippen LogP contribution in [0.2, 0.25) is 0 Å². The van der Waals surface area contributed by atoms with Gasteiger partial charge in [-0.1, -0.05) is 12.1 Å². The molecule has 24 heavy (non-hydrogen) atoms. The number of furan rings is 1. The fourth-order valence-corrected chi connectivity index (χ4v) is 2.66. The van der Waals surface area contributed by atoms with Gasteiger partial charge >= 0.3 is 5.97 Å². The Kier molecular flexibility index (Phi) is 5.02. The third-order valence-electron chi connectivity index (χ3n) is 3.16. The number of ether oxygens (including phenoxy) is 1. The van der Waals surface area contributed by atoms with E-state index < -0.39 is 18.0 Å². The molecule has 3 heterocycles. The molecule has 3 aromatic heterocycles. The Labute approximate surface area is 142 Å². The Hall–Kier alpha value is -2.93. The van der Waals surface area contributed by atoms with E-state index >= 15 is 0 Å². The standard InChI is InChI=1S/C17H14N2O4S/c20-16(19-11-12-5-4-10-24-12)15(13-6-1-2-8-18-13)23-17(21)14-7-3-9-22-14/h1-10,15H,11H2,(H,19,20). The zero-order valence-corrected chi connectivity index (χ0v) is 13.4. The van der Waals surface area contributed by atoms with Gasteiger partial charge in [-0.15, -0.1) is 11.3 Å². The van der Waals surface area contributed by atoms with Gasteiger partial charge < -0.3 is 14.5 Å². The number of rotatable bonds is 6. The molecule has 0 radical (unpaired) electrons. The van der Waals surface area contributed by atoms with Crippen molar-refractivity contribution < 1.29 is 18.7 Å². The molecular weight excluding hydrogens is 328 g/mol. The Morgan fingerprint density at radius 3 is 2.79 bits per heavy atom. The highest BCUT2D eigenvalue weighted by Gasteiger charge is 2.27. The summed E-state index contributed by atoms with van der Waals surface area (Å²) < 4.78 is 10.3. The van der Waals surface area contributed by atoms with Gasteiger partial charge in [0.2, 0.25) is 11.9 Å². The first-order valence-electron chi connectivity index (χ1n) is 7.19. The molecule has 6 nitrogen and oxygen atoms in total. The highest BCUT2D eigenvalue weighted by molar-refractivity contribution is 7.09. The van der Waals surface area contributed by atoms with Crippen molar-refractivity contribution in [3.05, 3.63) is 76.6 Å². The topological polar surface area (TPSA) is 81.4 Å². The molecule has 0 bridgehead atoms. The van der Waals surface area contributed by atoms with Crippen LogP contribution in [0.15, 0.2) is 64.7 Å². The Balaban J connectivity index is 1.74. The minimum atomic E-state index is -1.15. The summed E-state index contributed by atoms with van der Waals surface area (Å²) >= 11 is 1.53. The predicted octanol–water partition coefficient (Wildman–Crippen LogP) is 2.95. The van der Waals surface area contributed by atoms with Crippen molar-refractivity contribution in [2.45, 2.75) is 12.6 Å². The van der Waals surface area contributed by atoms with Gasteiger partial charge in [0.15, 0.2) is 0 Å². The van der Waals surface area contributed by atoms with Crippen LogP contribution < -0.4 is 5.32 Å². The second-order valence-corrected chi connectivity index (χ2v) is 5.85. The maximum absolute atomic E-state index is 12.5. The van der Waals surface area contributed by atoms with Gasteiger partial charge in [-0.05, 0) is 35.7 Å². The lowest BCUT2D eigenvalue weighted by atomic mass is 10.2. The summed E-state index contributed by atoms with van der Waals surface area (Å²) in [6.45, 7) is 0.359. The minimum absolute atomic E-state index is 0.0296. The monoisotopic (exact) mass is 342 g/mol. The van der Waals surface area contributed by atoms with E-state index in [0.29, 0.717) is 12.2 Å². The Morgan fingerprint density at radius 1 is 1.21 bits per heavy atom. The first kappa shape index (κ1) is 15.9. The molecule has 0 aliphatic carbocycles. The lowest BCUT2D eigenvalue weighted by Gasteiger charge is -2.16. The number of hydrogen-bond donors (Lipinski definition) is 1. The van der Waals surface area contributed by atoms with E-state index in [1.54, 1.807) is 24.3 Å². The average molecular weight is 342 g/mol. The number of thiophene rings is 1. The van der Waals surface area contributed by atoms with Gasteiger partial charge in [-0.3, -0.25) is 9.78 Å². The zero-order valence-electron chi connectivity index (χ0n) is 12.5. The Morgan fingerprint density at radius 2 is 2.12 bits per heavy atom. The van der Waals surface area contributed by atoms with E-state index in [1.165, 1.54) is 29.9 Å². The van der Waals surface area contributed by atoms with Gasteiger partial charge in [0, 0.05) is 11.1 Å². The number of nitrogens with one attached hydrogen (secondary N) is 1. The largest absolute Gasteiger partial charge is 0.457 e. The third-order valence-corrected chi connectivity index (χ3v) is 4.04. The summed E-state index contributed by atoms with van der Waals surface area (Å²) in [5, 5.41) is 4.68. The average Bonchev–Trinajstić information content (AvgIpc) is 3.31. The molecule has 0 fully saturated rings. The molecule has 1 N–H and O–H groups in total. The van der Waals surface area contributed by atoms with Crippen molar-refractivity contribution in [3.8, 4) is 0 Å². The number of nitrogens with zero attached hydrogens (tertiary/aromatic N) is 1. The fourth-order valence-electron chi connectivity index (χ4n) is 2.02. The van der Waals surface area contributed by atoms with Crippen LogP contribution in [0.5, 0.6) is 0 Å². The van der Waals surface area contributed by atoms with Crippen LogP contribution >= 0.6 is 11.3 Å². The molecule has 0 aromatic carbocycles. The normalized spacial score (nSPS) is 11.7. The maximum atomic E-state index is 12.5. The predicted molar refractivity (Wildman–Crippen MR) is 87.3 cm³/mol. The first-order chi connectivity index (χ1) is 11.7. The second-order valence-electron chi connectivity index (χ2n) is 4.81. The fraction of sp³-hybridized carbons (Fsp3) is 0.118. The van der Waals surface area contributed by atoms with E-state index in [2.05, 4.69) is 10.3 Å². The molecular formula is C17H14N2O4S. The summed E-state index contributed by atoms with van der Waals surface area (Å²) in [6, 6.07) is 11.9. The summed E-state index contributed by atoms with van der Waals surface area (Å²) in [7, 11) is 0. The van der Waals surface area contributed by atoms with E-state index in [1.807, 2.05) is 17.5 Å². The van der Waals surface area contributed by atoms with Crippen LogP contribution in [-0.2, 0) is 16.1 Å². The van der Waals surface area contributed by atoms with E-state index in [4.69, 9.17) is 9.15 Å². The summed E-state index contributed by atoms with van der Waals surface area (Å²) in [5.41, 5.74) is 0.348. The van der Waals surface area contributed by atoms with Crippen LogP contribution in [0.25, 0.3) is 0 Å². The van der Waals surface area contributed by atoms with Gasteiger partial charge in [-0.25, -0.2) is 4.79 Å². The van der Waals surface area contributed by atoms with Gasteiger partial charge in [0.05, 0.1) is 18.5 Å². The maximum Gasteiger partial charge on any atom is 0.375 e. The summed E-state index contributed by atoms with van der Waals surface area (Å²) in [6.07, 6.45) is 1.75. The van der Waals surface area contributed by atoms with Crippen molar-refractivity contribution >= 4 is 23.2 Å². The molecule has 1 atom stereocenters. The molecule has 1 amide bonds. The van der Waals surface area contributed by atoms with Crippen LogP contribution in [0.3, 0.4) is 0 Å². The van der Waals surface area contributed by atoms with Crippen LogP contribution in [0.1, 0.15) is 27.2 Å². The number of amides is 1. The first-order valence-corrected chi connectivity index (χ1v) is 8.07. The van der Waals surface area contributed by atoms with Crippen molar-refractivity contribution in [3.63, 3.8) is 0 Å². The number of esters is 1. The quantitative estimate of drug-likeness (QED) is 0.697. The van der Waals surface area contributed by atoms with E-state index in [9.17, 15) is 9.59 Å². The molecule has 0 spiro atoms. The number of aromatic nitrogens is 1. The van der Waals surface area contributed by atoms with Crippen molar-refractivity contribution in [2.24, 2.45) is 0 Å². The number of pyridine rings is 1. The highest BCUT2D eigenvalue weighted by Crippen LogP contribution is 2.18. The highest BCUT2D eigenvalue weighted by atomic mass is 32.1. The van der Waals surface area contributed by atoms with Crippen molar-refractivity contribution in [1.82, 2.24) is 10.3 Å². The molecule has 0 saturated carbocycles. The molecule has 3 aromatic rings. The molecule has 0 saturated heterocycles. The second kappa shape index (κ2) is 7.56. The third kappa shape index (κ3) is 3.88. The number of carbonyl (C=O) groups excluding carboxylic acids is 2. The van der Waals surface area contributed by atoms with Gasteiger partial charge in [-0.2, -0.15) is 0 Å². The molecule has 7 heteroatoms. The van der Waals surface area contributed by atoms with E-state index in [-0.39, 0.29) is 5.76 Å². The molecule has 1 unspecified atom stereocenters.